The summed E-state index contributed by atoms with van der Waals surface area (Å²) in [5.41, 5.74) is 1.18. The van der Waals surface area contributed by atoms with Gasteiger partial charge in [0.1, 0.15) is 11.4 Å². The van der Waals surface area contributed by atoms with E-state index in [-0.39, 0.29) is 22.3 Å². The molecule has 4 rings (SSSR count). The van der Waals surface area contributed by atoms with Crippen LogP contribution in [0.5, 0.6) is 0 Å². The fourth-order valence-corrected chi connectivity index (χ4v) is 2.95. The van der Waals surface area contributed by atoms with Crippen LogP contribution in [0.2, 0.25) is 0 Å². The average molecular weight is 353 g/mol. The maximum absolute atomic E-state index is 13.4. The van der Waals surface area contributed by atoms with E-state index < -0.39 is 5.82 Å². The summed E-state index contributed by atoms with van der Waals surface area (Å²) in [6.07, 6.45) is 3.49. The normalized spacial score (nSPS) is 11.1. The second kappa shape index (κ2) is 6.18. The van der Waals surface area contributed by atoms with E-state index in [4.69, 9.17) is 4.52 Å². The standard InChI is InChI=1S/C18H12FN3O2S/c1-25-12-5-2-10(3-6-12)17-21-18(24-22-17)14-9-20-15-7-4-11(19)8-13(15)16(14)23/h2-9H,1H3,(H,20,23). The minimum atomic E-state index is -0.477. The van der Waals surface area contributed by atoms with Gasteiger partial charge < -0.3 is 9.51 Å². The number of pyridine rings is 1. The minimum absolute atomic E-state index is 0.0938. The first kappa shape index (κ1) is 15.6. The smallest absolute Gasteiger partial charge is 0.263 e. The van der Waals surface area contributed by atoms with Gasteiger partial charge >= 0.3 is 0 Å². The van der Waals surface area contributed by atoms with Crippen molar-refractivity contribution >= 4 is 22.7 Å². The number of aromatic nitrogens is 3. The molecule has 0 amide bonds. The molecule has 5 nitrogen and oxygen atoms in total. The van der Waals surface area contributed by atoms with Gasteiger partial charge in [-0.25, -0.2) is 4.39 Å². The van der Waals surface area contributed by atoms with Crippen molar-refractivity contribution < 1.29 is 8.91 Å². The van der Waals surface area contributed by atoms with E-state index in [9.17, 15) is 9.18 Å². The van der Waals surface area contributed by atoms with Gasteiger partial charge in [0.2, 0.25) is 11.3 Å². The van der Waals surface area contributed by atoms with Gasteiger partial charge in [-0.1, -0.05) is 5.16 Å². The van der Waals surface area contributed by atoms with E-state index in [2.05, 4.69) is 15.1 Å². The van der Waals surface area contributed by atoms with Crippen molar-refractivity contribution in [2.24, 2.45) is 0 Å². The van der Waals surface area contributed by atoms with Crippen molar-refractivity contribution in [2.45, 2.75) is 4.90 Å². The molecule has 2 aromatic heterocycles. The highest BCUT2D eigenvalue weighted by atomic mass is 32.2. The van der Waals surface area contributed by atoms with Gasteiger partial charge in [0.05, 0.1) is 0 Å². The Morgan fingerprint density at radius 1 is 1.16 bits per heavy atom. The Balaban J connectivity index is 1.78. The number of aromatic amines is 1. The second-order valence-corrected chi connectivity index (χ2v) is 6.25. The van der Waals surface area contributed by atoms with E-state index in [0.717, 1.165) is 10.5 Å². The third-order valence-corrected chi connectivity index (χ3v) is 4.59. The van der Waals surface area contributed by atoms with E-state index in [1.807, 2.05) is 30.5 Å². The lowest BCUT2D eigenvalue weighted by molar-refractivity contribution is 0.432. The Morgan fingerprint density at radius 2 is 1.96 bits per heavy atom. The molecular formula is C18H12FN3O2S. The van der Waals surface area contributed by atoms with Crippen LogP contribution in [0, 0.1) is 5.82 Å². The summed E-state index contributed by atoms with van der Waals surface area (Å²) in [5, 5.41) is 4.17. The molecule has 0 atom stereocenters. The van der Waals surface area contributed by atoms with Crippen LogP contribution in [0.1, 0.15) is 0 Å². The topological polar surface area (TPSA) is 71.8 Å². The van der Waals surface area contributed by atoms with Gasteiger partial charge in [-0.15, -0.1) is 11.8 Å². The van der Waals surface area contributed by atoms with Crippen LogP contribution in [0.15, 0.2) is 62.9 Å². The quantitative estimate of drug-likeness (QED) is 0.561. The molecule has 0 spiro atoms. The number of halogens is 1. The van der Waals surface area contributed by atoms with Crippen LogP contribution in [0.25, 0.3) is 33.7 Å². The number of benzene rings is 2. The van der Waals surface area contributed by atoms with Crippen molar-refractivity contribution in [1.82, 2.24) is 15.1 Å². The molecule has 0 unspecified atom stereocenters. The Labute approximate surface area is 145 Å². The number of rotatable bonds is 3. The van der Waals surface area contributed by atoms with E-state index >= 15 is 0 Å². The third-order valence-electron chi connectivity index (χ3n) is 3.85. The zero-order valence-electron chi connectivity index (χ0n) is 13.1. The minimum Gasteiger partial charge on any atom is -0.360 e. The van der Waals surface area contributed by atoms with E-state index in [0.29, 0.717) is 11.3 Å². The summed E-state index contributed by atoms with van der Waals surface area (Å²) in [7, 11) is 0. The Bertz CT molecular complexity index is 1120. The van der Waals surface area contributed by atoms with Crippen LogP contribution < -0.4 is 5.43 Å². The first-order valence-electron chi connectivity index (χ1n) is 7.45. The summed E-state index contributed by atoms with van der Waals surface area (Å²) in [5.74, 6) is 0.00741. The molecule has 0 bridgehead atoms. The molecule has 0 saturated carbocycles. The molecule has 7 heteroatoms. The SMILES string of the molecule is CSc1ccc(-c2noc(-c3c[nH]c4ccc(F)cc4c3=O)n2)cc1. The highest BCUT2D eigenvalue weighted by Crippen LogP contribution is 2.23. The van der Waals surface area contributed by atoms with Crippen molar-refractivity contribution in [3.05, 3.63) is 64.7 Å². The molecule has 4 aromatic rings. The number of nitrogens with one attached hydrogen (secondary N) is 1. The molecule has 2 aromatic carbocycles. The van der Waals surface area contributed by atoms with E-state index in [1.54, 1.807) is 11.8 Å². The van der Waals surface area contributed by atoms with Crippen LogP contribution in [-0.4, -0.2) is 21.4 Å². The van der Waals surface area contributed by atoms with Crippen LogP contribution in [0.4, 0.5) is 4.39 Å². The first-order valence-corrected chi connectivity index (χ1v) is 8.67. The molecule has 0 aliphatic carbocycles. The predicted molar refractivity (Wildman–Crippen MR) is 95.0 cm³/mol. The molecule has 124 valence electrons. The van der Waals surface area contributed by atoms with Crippen molar-refractivity contribution in [1.29, 1.82) is 0 Å². The maximum atomic E-state index is 13.4. The number of thioether (sulfide) groups is 1. The highest BCUT2D eigenvalue weighted by Gasteiger charge is 2.15. The maximum Gasteiger partial charge on any atom is 0.263 e. The van der Waals surface area contributed by atoms with Gasteiger partial charge in [-0.05, 0) is 48.7 Å². The number of hydrogen-bond donors (Lipinski definition) is 1. The lowest BCUT2D eigenvalue weighted by atomic mass is 10.1. The Hall–Kier alpha value is -2.93. The largest absolute Gasteiger partial charge is 0.360 e. The Morgan fingerprint density at radius 3 is 2.72 bits per heavy atom. The summed E-state index contributed by atoms with van der Waals surface area (Å²) in [6, 6.07) is 11.7. The van der Waals surface area contributed by atoms with Crippen molar-refractivity contribution in [3.63, 3.8) is 0 Å². The fraction of sp³-hybridized carbons (Fsp3) is 0.0556. The van der Waals surface area contributed by atoms with Gasteiger partial charge in [0, 0.05) is 27.6 Å². The summed E-state index contributed by atoms with van der Waals surface area (Å²) >= 11 is 1.64. The second-order valence-electron chi connectivity index (χ2n) is 5.37. The average Bonchev–Trinajstić information content (AvgIpc) is 3.12. The fourth-order valence-electron chi connectivity index (χ4n) is 2.54. The monoisotopic (exact) mass is 353 g/mol. The van der Waals surface area contributed by atoms with E-state index in [1.165, 1.54) is 24.4 Å². The van der Waals surface area contributed by atoms with Gasteiger partial charge in [0.15, 0.2) is 0 Å². The zero-order chi connectivity index (χ0) is 17.4. The predicted octanol–water partition coefficient (Wildman–Crippen LogP) is 4.11. The Kier molecular flexibility index (Phi) is 3.85. The number of H-pyrrole nitrogens is 1. The highest BCUT2D eigenvalue weighted by molar-refractivity contribution is 7.98. The summed E-state index contributed by atoms with van der Waals surface area (Å²) < 4.78 is 18.7. The summed E-state index contributed by atoms with van der Waals surface area (Å²) in [6.45, 7) is 0. The number of nitrogens with zero attached hydrogens (tertiary/aromatic N) is 2. The van der Waals surface area contributed by atoms with Crippen LogP contribution in [-0.2, 0) is 0 Å². The molecule has 0 aliphatic rings. The van der Waals surface area contributed by atoms with Crippen LogP contribution in [0.3, 0.4) is 0 Å². The molecule has 25 heavy (non-hydrogen) atoms. The summed E-state index contributed by atoms with van der Waals surface area (Å²) in [4.78, 5) is 21.0. The van der Waals surface area contributed by atoms with Crippen LogP contribution >= 0.6 is 11.8 Å². The molecule has 1 N–H and O–H groups in total. The lowest BCUT2D eigenvalue weighted by Gasteiger charge is -2.00. The molecule has 0 radical (unpaired) electrons. The first-order chi connectivity index (χ1) is 12.2. The zero-order valence-corrected chi connectivity index (χ0v) is 13.9. The molecule has 0 fully saturated rings. The lowest BCUT2D eigenvalue weighted by Crippen LogP contribution is -2.06. The van der Waals surface area contributed by atoms with Gasteiger partial charge in [-0.2, -0.15) is 4.98 Å². The molecular weight excluding hydrogens is 341 g/mol. The molecule has 0 aliphatic heterocycles. The molecule has 2 heterocycles. The number of fused-ring (bicyclic) bond motifs is 1. The van der Waals surface area contributed by atoms with Crippen molar-refractivity contribution in [3.8, 4) is 22.8 Å². The third kappa shape index (κ3) is 2.83. The van der Waals surface area contributed by atoms with Crippen molar-refractivity contribution in [2.75, 3.05) is 6.26 Å². The number of hydrogen-bond acceptors (Lipinski definition) is 5. The van der Waals surface area contributed by atoms with Gasteiger partial charge in [0.25, 0.3) is 5.89 Å². The van der Waals surface area contributed by atoms with Gasteiger partial charge in [-0.3, -0.25) is 4.79 Å². The molecule has 0 saturated heterocycles.